The molecular weight excluding hydrogens is 200 g/mol. The summed E-state index contributed by atoms with van der Waals surface area (Å²) in [5.41, 5.74) is 5.18. The standard InChI is InChI=1S/C11H9F2NO/c12-8-2-1-3-9(13)11(8)10-5-4-7(6-14)15-10/h1-5H,6,14H2. The van der Waals surface area contributed by atoms with Crippen molar-refractivity contribution in [3.05, 3.63) is 47.7 Å². The lowest BCUT2D eigenvalue weighted by atomic mass is 10.1. The van der Waals surface area contributed by atoms with E-state index in [1.807, 2.05) is 0 Å². The van der Waals surface area contributed by atoms with E-state index in [0.29, 0.717) is 5.76 Å². The van der Waals surface area contributed by atoms with Gasteiger partial charge in [0.05, 0.1) is 12.1 Å². The number of furan rings is 1. The van der Waals surface area contributed by atoms with Gasteiger partial charge in [-0.05, 0) is 24.3 Å². The van der Waals surface area contributed by atoms with Crippen LogP contribution in [0, 0.1) is 11.6 Å². The summed E-state index contributed by atoms with van der Waals surface area (Å²) in [7, 11) is 0. The highest BCUT2D eigenvalue weighted by atomic mass is 19.1. The van der Waals surface area contributed by atoms with Crippen molar-refractivity contribution in [3.63, 3.8) is 0 Å². The molecule has 0 aliphatic heterocycles. The topological polar surface area (TPSA) is 39.2 Å². The first-order chi connectivity index (χ1) is 7.22. The Morgan fingerprint density at radius 1 is 1.07 bits per heavy atom. The highest BCUT2D eigenvalue weighted by Crippen LogP contribution is 2.27. The molecule has 0 aliphatic carbocycles. The molecule has 0 atom stereocenters. The summed E-state index contributed by atoms with van der Waals surface area (Å²) >= 11 is 0. The van der Waals surface area contributed by atoms with E-state index in [2.05, 4.69) is 0 Å². The largest absolute Gasteiger partial charge is 0.460 e. The van der Waals surface area contributed by atoms with E-state index in [9.17, 15) is 8.78 Å². The highest BCUT2D eigenvalue weighted by molar-refractivity contribution is 5.59. The van der Waals surface area contributed by atoms with Crippen LogP contribution in [0.2, 0.25) is 0 Å². The molecule has 1 aromatic carbocycles. The van der Waals surface area contributed by atoms with Crippen molar-refractivity contribution in [1.29, 1.82) is 0 Å². The van der Waals surface area contributed by atoms with Crippen LogP contribution in [0.25, 0.3) is 11.3 Å². The lowest BCUT2D eigenvalue weighted by Gasteiger charge is -2.00. The zero-order valence-electron chi connectivity index (χ0n) is 7.84. The summed E-state index contributed by atoms with van der Waals surface area (Å²) in [5, 5.41) is 0. The first-order valence-electron chi connectivity index (χ1n) is 4.45. The molecule has 2 N–H and O–H groups in total. The average Bonchev–Trinajstić information content (AvgIpc) is 2.66. The van der Waals surface area contributed by atoms with Crippen molar-refractivity contribution in [2.45, 2.75) is 6.54 Å². The zero-order valence-corrected chi connectivity index (χ0v) is 7.84. The van der Waals surface area contributed by atoms with Gasteiger partial charge in [-0.1, -0.05) is 6.07 Å². The monoisotopic (exact) mass is 209 g/mol. The summed E-state index contributed by atoms with van der Waals surface area (Å²) in [5.74, 6) is -0.639. The third-order valence-electron chi connectivity index (χ3n) is 2.07. The van der Waals surface area contributed by atoms with Crippen molar-refractivity contribution < 1.29 is 13.2 Å². The van der Waals surface area contributed by atoms with Crippen molar-refractivity contribution in [2.24, 2.45) is 5.73 Å². The van der Waals surface area contributed by atoms with Crippen LogP contribution in [0.15, 0.2) is 34.7 Å². The van der Waals surface area contributed by atoms with Crippen LogP contribution in [-0.2, 0) is 6.54 Å². The molecule has 1 heterocycles. The lowest BCUT2D eigenvalue weighted by molar-refractivity contribution is 0.511. The maximum atomic E-state index is 13.3. The fourth-order valence-electron chi connectivity index (χ4n) is 1.36. The minimum atomic E-state index is -0.645. The molecule has 0 amide bonds. The van der Waals surface area contributed by atoms with Crippen LogP contribution >= 0.6 is 0 Å². The summed E-state index contributed by atoms with van der Waals surface area (Å²) in [4.78, 5) is 0. The third kappa shape index (κ3) is 1.76. The molecule has 0 spiro atoms. The number of hydrogen-bond donors (Lipinski definition) is 1. The minimum Gasteiger partial charge on any atom is -0.460 e. The molecule has 0 fully saturated rings. The van der Waals surface area contributed by atoms with E-state index in [1.54, 1.807) is 6.07 Å². The Balaban J connectivity index is 2.53. The van der Waals surface area contributed by atoms with Gasteiger partial charge in [0.1, 0.15) is 23.2 Å². The van der Waals surface area contributed by atoms with Crippen LogP contribution in [0.4, 0.5) is 8.78 Å². The number of halogens is 2. The Morgan fingerprint density at radius 2 is 1.73 bits per heavy atom. The molecule has 2 rings (SSSR count). The molecule has 2 nitrogen and oxygen atoms in total. The van der Waals surface area contributed by atoms with Crippen molar-refractivity contribution in [3.8, 4) is 11.3 Å². The van der Waals surface area contributed by atoms with E-state index in [1.165, 1.54) is 24.3 Å². The van der Waals surface area contributed by atoms with Gasteiger partial charge in [0.2, 0.25) is 0 Å². The van der Waals surface area contributed by atoms with E-state index in [4.69, 9.17) is 10.2 Å². The minimum absolute atomic E-state index is 0.155. The molecule has 0 bridgehead atoms. The maximum Gasteiger partial charge on any atom is 0.140 e. The number of nitrogens with two attached hydrogens (primary N) is 1. The number of rotatable bonds is 2. The number of benzene rings is 1. The van der Waals surface area contributed by atoms with Crippen LogP contribution < -0.4 is 5.73 Å². The molecule has 4 heteroatoms. The second-order valence-corrected chi connectivity index (χ2v) is 3.07. The van der Waals surface area contributed by atoms with Crippen LogP contribution in [0.1, 0.15) is 5.76 Å². The van der Waals surface area contributed by atoms with E-state index < -0.39 is 11.6 Å². The average molecular weight is 209 g/mol. The molecule has 2 aromatic rings. The third-order valence-corrected chi connectivity index (χ3v) is 2.07. The van der Waals surface area contributed by atoms with Gasteiger partial charge in [-0.25, -0.2) is 8.78 Å². The Kier molecular flexibility index (Phi) is 2.51. The quantitative estimate of drug-likeness (QED) is 0.825. The smallest absolute Gasteiger partial charge is 0.140 e. The van der Waals surface area contributed by atoms with E-state index in [0.717, 1.165) is 0 Å². The summed E-state index contributed by atoms with van der Waals surface area (Å²) in [6, 6.07) is 6.78. The molecule has 0 saturated carbocycles. The van der Waals surface area contributed by atoms with Gasteiger partial charge < -0.3 is 10.2 Å². The van der Waals surface area contributed by atoms with Crippen LogP contribution in [-0.4, -0.2) is 0 Å². The molecule has 0 aliphatic rings. The van der Waals surface area contributed by atoms with Gasteiger partial charge in [-0.3, -0.25) is 0 Å². The molecule has 1 aromatic heterocycles. The van der Waals surface area contributed by atoms with Gasteiger partial charge in [-0.15, -0.1) is 0 Å². The van der Waals surface area contributed by atoms with E-state index >= 15 is 0 Å². The van der Waals surface area contributed by atoms with Gasteiger partial charge in [-0.2, -0.15) is 0 Å². The highest BCUT2D eigenvalue weighted by Gasteiger charge is 2.14. The zero-order chi connectivity index (χ0) is 10.8. The molecule has 0 saturated heterocycles. The summed E-state index contributed by atoms with van der Waals surface area (Å²) in [6.45, 7) is 0.204. The normalized spacial score (nSPS) is 10.6. The fourth-order valence-corrected chi connectivity index (χ4v) is 1.36. The Bertz CT molecular complexity index is 459. The molecular formula is C11H9F2NO. The van der Waals surface area contributed by atoms with Gasteiger partial charge in [0, 0.05) is 0 Å². The van der Waals surface area contributed by atoms with Crippen molar-refractivity contribution >= 4 is 0 Å². The van der Waals surface area contributed by atoms with Crippen LogP contribution in [0.5, 0.6) is 0 Å². The Morgan fingerprint density at radius 3 is 2.27 bits per heavy atom. The van der Waals surface area contributed by atoms with Gasteiger partial charge >= 0.3 is 0 Å². The second-order valence-electron chi connectivity index (χ2n) is 3.07. The Hall–Kier alpha value is -1.68. The second kappa shape index (κ2) is 3.82. The van der Waals surface area contributed by atoms with Crippen LogP contribution in [0.3, 0.4) is 0 Å². The van der Waals surface area contributed by atoms with Gasteiger partial charge in [0.25, 0.3) is 0 Å². The SMILES string of the molecule is NCc1ccc(-c2c(F)cccc2F)o1. The predicted octanol–water partition coefficient (Wildman–Crippen LogP) is 2.68. The fraction of sp³-hybridized carbons (Fsp3) is 0.0909. The molecule has 0 unspecified atom stereocenters. The first kappa shape index (κ1) is 9.86. The molecule has 0 radical (unpaired) electrons. The van der Waals surface area contributed by atoms with Gasteiger partial charge in [0.15, 0.2) is 0 Å². The van der Waals surface area contributed by atoms with Crippen molar-refractivity contribution in [2.75, 3.05) is 0 Å². The molecule has 15 heavy (non-hydrogen) atoms. The number of hydrogen-bond acceptors (Lipinski definition) is 2. The van der Waals surface area contributed by atoms with Crippen molar-refractivity contribution in [1.82, 2.24) is 0 Å². The predicted molar refractivity (Wildman–Crippen MR) is 52.0 cm³/mol. The lowest BCUT2D eigenvalue weighted by Crippen LogP contribution is -1.93. The summed E-state index contributed by atoms with van der Waals surface area (Å²) in [6.07, 6.45) is 0. The first-order valence-corrected chi connectivity index (χ1v) is 4.45. The molecule has 78 valence electrons. The Labute approximate surface area is 85.3 Å². The van der Waals surface area contributed by atoms with E-state index in [-0.39, 0.29) is 17.9 Å². The summed E-state index contributed by atoms with van der Waals surface area (Å²) < 4.78 is 31.8. The maximum absolute atomic E-state index is 13.3.